The highest BCUT2D eigenvalue weighted by atomic mass is 16.3. The lowest BCUT2D eigenvalue weighted by molar-refractivity contribution is 0.668. The largest absolute Gasteiger partial charge is 0.452 e. The molecule has 238 valence electrons. The average Bonchev–Trinajstić information content (AvgIpc) is 3.57. The second-order valence-electron chi connectivity index (χ2n) is 13.0. The van der Waals surface area contributed by atoms with Crippen molar-refractivity contribution in [2.45, 2.75) is 0 Å². The molecular weight excluding hydrogens is 621 g/mol. The molecule has 0 aliphatic heterocycles. The van der Waals surface area contributed by atoms with Crippen molar-refractivity contribution in [3.05, 3.63) is 182 Å². The molecule has 10 aromatic rings. The van der Waals surface area contributed by atoms with Crippen LogP contribution in [-0.4, -0.2) is 9.97 Å². The summed E-state index contributed by atoms with van der Waals surface area (Å²) in [5.74, 6) is 0.677. The van der Waals surface area contributed by atoms with Crippen molar-refractivity contribution in [3.63, 3.8) is 0 Å². The lowest BCUT2D eigenvalue weighted by Crippen LogP contribution is -1.95. The van der Waals surface area contributed by atoms with E-state index in [1.807, 2.05) is 6.07 Å². The summed E-state index contributed by atoms with van der Waals surface area (Å²) in [6.07, 6.45) is 0. The summed E-state index contributed by atoms with van der Waals surface area (Å²) in [6, 6.07) is 64.1. The van der Waals surface area contributed by atoms with Crippen LogP contribution in [0.4, 0.5) is 0 Å². The second kappa shape index (κ2) is 11.9. The number of rotatable bonds is 5. The first-order chi connectivity index (χ1) is 25.2. The summed E-state index contributed by atoms with van der Waals surface area (Å²) in [5.41, 5.74) is 12.1. The standard InChI is InChI=1S/C48H30N2O/c1-2-11-31(12-3-1)32-23-25-33(26-24-32)35-17-8-18-36(27-35)37-19-9-20-40(28-37)45-47-46(43-29-38-14-4-5-15-39(38)30-44(43)51-47)50-48(49-45)42-22-10-16-34-13-6-7-21-41(34)42/h1-30H. The normalized spacial score (nSPS) is 11.5. The smallest absolute Gasteiger partial charge is 0.180 e. The Bertz CT molecular complexity index is 2900. The summed E-state index contributed by atoms with van der Waals surface area (Å²) >= 11 is 0. The second-order valence-corrected chi connectivity index (χ2v) is 13.0. The van der Waals surface area contributed by atoms with Gasteiger partial charge in [0.2, 0.25) is 0 Å². The van der Waals surface area contributed by atoms with Gasteiger partial charge in [0, 0.05) is 16.5 Å². The lowest BCUT2D eigenvalue weighted by atomic mass is 9.96. The zero-order chi connectivity index (χ0) is 33.7. The van der Waals surface area contributed by atoms with Gasteiger partial charge in [-0.05, 0) is 79.2 Å². The molecule has 0 fully saturated rings. The maximum absolute atomic E-state index is 6.66. The number of fused-ring (bicyclic) bond motifs is 5. The Labute approximate surface area is 295 Å². The van der Waals surface area contributed by atoms with Gasteiger partial charge in [-0.3, -0.25) is 0 Å². The lowest BCUT2D eigenvalue weighted by Gasteiger charge is -2.11. The number of aromatic nitrogens is 2. The number of nitrogens with zero attached hydrogens (tertiary/aromatic N) is 2. The summed E-state index contributed by atoms with van der Waals surface area (Å²) in [5, 5.41) is 5.53. The van der Waals surface area contributed by atoms with Gasteiger partial charge in [0.1, 0.15) is 16.8 Å². The van der Waals surface area contributed by atoms with Crippen molar-refractivity contribution in [3.8, 4) is 56.0 Å². The third-order valence-corrected chi connectivity index (χ3v) is 9.87. The number of furan rings is 1. The van der Waals surface area contributed by atoms with E-state index in [-0.39, 0.29) is 0 Å². The minimum atomic E-state index is 0.677. The van der Waals surface area contributed by atoms with Crippen molar-refractivity contribution in [1.82, 2.24) is 9.97 Å². The quantitative estimate of drug-likeness (QED) is 0.186. The van der Waals surface area contributed by atoms with Crippen LogP contribution in [0, 0.1) is 0 Å². The minimum absolute atomic E-state index is 0.677. The van der Waals surface area contributed by atoms with E-state index in [1.165, 1.54) is 22.3 Å². The van der Waals surface area contributed by atoms with E-state index in [4.69, 9.17) is 14.4 Å². The topological polar surface area (TPSA) is 38.9 Å². The SMILES string of the molecule is c1ccc(-c2ccc(-c3cccc(-c4cccc(-c5nc(-c6cccc7ccccc67)nc6c5oc5cc7ccccc7cc56)c4)c3)cc2)cc1. The molecule has 0 atom stereocenters. The highest BCUT2D eigenvalue weighted by Crippen LogP contribution is 2.39. The average molecular weight is 651 g/mol. The molecule has 2 heterocycles. The van der Waals surface area contributed by atoms with Crippen molar-refractivity contribution >= 4 is 43.6 Å². The Hall–Kier alpha value is -6.84. The van der Waals surface area contributed by atoms with Gasteiger partial charge >= 0.3 is 0 Å². The molecule has 3 heteroatoms. The number of hydrogen-bond acceptors (Lipinski definition) is 3. The molecule has 0 N–H and O–H groups in total. The van der Waals surface area contributed by atoms with Gasteiger partial charge in [-0.15, -0.1) is 0 Å². The van der Waals surface area contributed by atoms with Crippen molar-refractivity contribution < 1.29 is 4.42 Å². The van der Waals surface area contributed by atoms with Crippen LogP contribution in [0.5, 0.6) is 0 Å². The zero-order valence-electron chi connectivity index (χ0n) is 27.6. The predicted octanol–water partition coefficient (Wildman–Crippen LogP) is 13.0. The highest BCUT2D eigenvalue weighted by molar-refractivity contribution is 6.12. The molecule has 0 saturated carbocycles. The van der Waals surface area contributed by atoms with Gasteiger partial charge in [0.15, 0.2) is 11.4 Å². The van der Waals surface area contributed by atoms with Crippen LogP contribution in [0.2, 0.25) is 0 Å². The van der Waals surface area contributed by atoms with Crippen LogP contribution in [0.3, 0.4) is 0 Å². The maximum Gasteiger partial charge on any atom is 0.180 e. The van der Waals surface area contributed by atoms with Crippen LogP contribution in [0.1, 0.15) is 0 Å². The zero-order valence-corrected chi connectivity index (χ0v) is 27.6. The molecule has 51 heavy (non-hydrogen) atoms. The fourth-order valence-corrected chi connectivity index (χ4v) is 7.28. The first-order valence-electron chi connectivity index (χ1n) is 17.2. The molecule has 0 spiro atoms. The van der Waals surface area contributed by atoms with Crippen LogP contribution >= 0.6 is 0 Å². The first kappa shape index (κ1) is 29.1. The van der Waals surface area contributed by atoms with Crippen molar-refractivity contribution in [1.29, 1.82) is 0 Å². The van der Waals surface area contributed by atoms with Crippen LogP contribution in [-0.2, 0) is 0 Å². The molecule has 0 unspecified atom stereocenters. The molecule has 2 aromatic heterocycles. The monoisotopic (exact) mass is 650 g/mol. The van der Waals surface area contributed by atoms with E-state index in [2.05, 4.69) is 176 Å². The molecule has 0 aliphatic carbocycles. The summed E-state index contributed by atoms with van der Waals surface area (Å²) < 4.78 is 6.66. The Kier molecular flexibility index (Phi) is 6.81. The number of benzene rings is 8. The van der Waals surface area contributed by atoms with E-state index in [1.54, 1.807) is 0 Å². The van der Waals surface area contributed by atoms with E-state index < -0.39 is 0 Å². The van der Waals surface area contributed by atoms with E-state index in [9.17, 15) is 0 Å². The summed E-state index contributed by atoms with van der Waals surface area (Å²) in [7, 11) is 0. The molecule has 0 aliphatic rings. The van der Waals surface area contributed by atoms with Crippen molar-refractivity contribution in [2.24, 2.45) is 0 Å². The van der Waals surface area contributed by atoms with E-state index >= 15 is 0 Å². The molecular formula is C48H30N2O. The molecule has 0 radical (unpaired) electrons. The van der Waals surface area contributed by atoms with Gasteiger partial charge < -0.3 is 4.42 Å². The molecule has 0 amide bonds. The third kappa shape index (κ3) is 5.15. The molecule has 10 rings (SSSR count). The molecule has 8 aromatic carbocycles. The summed E-state index contributed by atoms with van der Waals surface area (Å²) in [4.78, 5) is 10.5. The predicted molar refractivity (Wildman–Crippen MR) is 212 cm³/mol. The Morgan fingerprint density at radius 1 is 0.353 bits per heavy atom. The Morgan fingerprint density at radius 3 is 1.65 bits per heavy atom. The molecule has 3 nitrogen and oxygen atoms in total. The molecule has 0 bridgehead atoms. The van der Waals surface area contributed by atoms with Gasteiger partial charge in [-0.2, -0.15) is 0 Å². The van der Waals surface area contributed by atoms with Crippen LogP contribution in [0.15, 0.2) is 186 Å². The van der Waals surface area contributed by atoms with Gasteiger partial charge in [-0.25, -0.2) is 9.97 Å². The maximum atomic E-state index is 6.66. The Morgan fingerprint density at radius 2 is 0.882 bits per heavy atom. The van der Waals surface area contributed by atoms with E-state index in [0.717, 1.165) is 66.0 Å². The first-order valence-corrected chi connectivity index (χ1v) is 17.2. The Balaban J connectivity index is 1.12. The van der Waals surface area contributed by atoms with E-state index in [0.29, 0.717) is 11.4 Å². The third-order valence-electron chi connectivity index (χ3n) is 9.87. The fraction of sp³-hybridized carbons (Fsp3) is 0. The van der Waals surface area contributed by atoms with Gasteiger partial charge in [0.05, 0.1) is 0 Å². The van der Waals surface area contributed by atoms with Crippen LogP contribution < -0.4 is 0 Å². The number of hydrogen-bond donors (Lipinski definition) is 0. The fourth-order valence-electron chi connectivity index (χ4n) is 7.28. The van der Waals surface area contributed by atoms with Crippen molar-refractivity contribution in [2.75, 3.05) is 0 Å². The summed E-state index contributed by atoms with van der Waals surface area (Å²) in [6.45, 7) is 0. The molecule has 0 saturated heterocycles. The van der Waals surface area contributed by atoms with Gasteiger partial charge in [-0.1, -0.05) is 158 Å². The minimum Gasteiger partial charge on any atom is -0.452 e. The van der Waals surface area contributed by atoms with Crippen LogP contribution in [0.25, 0.3) is 99.6 Å². The highest BCUT2D eigenvalue weighted by Gasteiger charge is 2.20. The van der Waals surface area contributed by atoms with Gasteiger partial charge in [0.25, 0.3) is 0 Å².